The number of fused-ring (bicyclic) bond motifs is 4. The summed E-state index contributed by atoms with van der Waals surface area (Å²) < 4.78 is 11.1. The molecule has 7 nitrogen and oxygen atoms in total. The molecule has 4 bridgehead atoms. The number of nitrogens with one attached hydrogen (secondary N) is 2. The largest absolute Gasteiger partial charge is 0.475 e. The van der Waals surface area contributed by atoms with E-state index in [0.717, 1.165) is 27.7 Å². The second-order valence-corrected chi connectivity index (χ2v) is 6.06. The first-order valence-corrected chi connectivity index (χ1v) is 8.20. The third kappa shape index (κ3) is 3.26. The van der Waals surface area contributed by atoms with Gasteiger partial charge in [0.25, 0.3) is 0 Å². The van der Waals surface area contributed by atoms with Crippen LogP contribution in [0.2, 0.25) is 0 Å². The number of rotatable bonds is 0. The van der Waals surface area contributed by atoms with E-state index in [-0.39, 0.29) is 12.7 Å². The number of carbonyl (C=O) groups excluding carboxylic acids is 1. The van der Waals surface area contributed by atoms with Gasteiger partial charge in [0.15, 0.2) is 0 Å². The number of carbonyl (C=O) groups is 1. The van der Waals surface area contributed by atoms with Crippen molar-refractivity contribution in [1.82, 2.24) is 20.5 Å². The summed E-state index contributed by atoms with van der Waals surface area (Å²) >= 11 is 0. The van der Waals surface area contributed by atoms with Crippen LogP contribution in [0.1, 0.15) is 18.9 Å². The Morgan fingerprint density at radius 2 is 2.20 bits per heavy atom. The predicted molar refractivity (Wildman–Crippen MR) is 92.2 cm³/mol. The summed E-state index contributed by atoms with van der Waals surface area (Å²) in [5.41, 5.74) is 3.50. The lowest BCUT2D eigenvalue weighted by atomic mass is 10.1. The van der Waals surface area contributed by atoms with Crippen molar-refractivity contribution in [2.45, 2.75) is 26.1 Å². The van der Waals surface area contributed by atoms with Gasteiger partial charge in [0.1, 0.15) is 12.3 Å². The van der Waals surface area contributed by atoms with Crippen molar-refractivity contribution >= 4 is 17.0 Å². The summed E-state index contributed by atoms with van der Waals surface area (Å²) in [6.45, 7) is 2.62. The Morgan fingerprint density at radius 1 is 1.28 bits per heavy atom. The molecule has 0 aliphatic carbocycles. The molecule has 25 heavy (non-hydrogen) atoms. The molecule has 4 rings (SSSR count). The van der Waals surface area contributed by atoms with E-state index in [4.69, 9.17) is 9.47 Å². The fraction of sp³-hybridized carbons (Fsp3) is 0.278. The molecule has 7 heteroatoms. The van der Waals surface area contributed by atoms with Crippen LogP contribution in [-0.4, -0.2) is 33.9 Å². The van der Waals surface area contributed by atoms with Crippen LogP contribution in [0, 0.1) is 0 Å². The van der Waals surface area contributed by atoms with Crippen LogP contribution in [0.3, 0.4) is 0 Å². The van der Waals surface area contributed by atoms with Crippen molar-refractivity contribution in [3.05, 3.63) is 42.1 Å². The van der Waals surface area contributed by atoms with Crippen LogP contribution in [0.15, 0.2) is 36.5 Å². The maximum absolute atomic E-state index is 11.8. The zero-order valence-electron chi connectivity index (χ0n) is 13.8. The summed E-state index contributed by atoms with van der Waals surface area (Å²) in [5.74, 6) is 0.538. The van der Waals surface area contributed by atoms with Crippen LogP contribution in [0.5, 0.6) is 5.88 Å². The average Bonchev–Trinajstić information content (AvgIpc) is 3.03. The maximum Gasteiger partial charge on any atom is 0.407 e. The number of ether oxygens (including phenoxy) is 2. The van der Waals surface area contributed by atoms with Gasteiger partial charge in [0.2, 0.25) is 5.88 Å². The van der Waals surface area contributed by atoms with Gasteiger partial charge in [0, 0.05) is 30.0 Å². The molecule has 1 aromatic carbocycles. The van der Waals surface area contributed by atoms with E-state index in [1.165, 1.54) is 0 Å². The summed E-state index contributed by atoms with van der Waals surface area (Å²) in [5, 5.41) is 11.1. The summed E-state index contributed by atoms with van der Waals surface area (Å²) in [6.07, 6.45) is 1.85. The van der Waals surface area contributed by atoms with Crippen LogP contribution < -0.4 is 10.1 Å². The Labute approximate surface area is 144 Å². The van der Waals surface area contributed by atoms with Gasteiger partial charge in [-0.2, -0.15) is 5.10 Å². The number of H-pyrrole nitrogens is 1. The zero-order valence-corrected chi connectivity index (χ0v) is 13.8. The molecule has 0 radical (unpaired) electrons. The standard InChI is InChI=1S/C18H18N4O3/c1-11-5-6-19-18(23)24-10-12-3-2-4-13(7-12)17-14-8-16(25-11)20-9-15(14)21-22-17/h2-4,7-9,11H,5-6,10H2,1H3,(H,19,23)(H,21,22)/t11-/m1/s1. The van der Waals surface area contributed by atoms with Crippen molar-refractivity contribution in [3.8, 4) is 17.1 Å². The summed E-state index contributed by atoms with van der Waals surface area (Å²) in [4.78, 5) is 16.1. The molecular formula is C18H18N4O3. The van der Waals surface area contributed by atoms with Crippen molar-refractivity contribution in [3.63, 3.8) is 0 Å². The molecule has 1 atom stereocenters. The summed E-state index contributed by atoms with van der Waals surface area (Å²) in [6, 6.07) is 9.67. The molecule has 2 aromatic heterocycles. The van der Waals surface area contributed by atoms with Gasteiger partial charge in [-0.25, -0.2) is 9.78 Å². The Hall–Kier alpha value is -3.09. The highest BCUT2D eigenvalue weighted by atomic mass is 16.5. The molecule has 0 spiro atoms. The number of pyridine rings is 1. The van der Waals surface area contributed by atoms with Crippen LogP contribution >= 0.6 is 0 Å². The second-order valence-electron chi connectivity index (χ2n) is 6.06. The third-order valence-corrected chi connectivity index (χ3v) is 4.13. The lowest BCUT2D eigenvalue weighted by Crippen LogP contribution is -2.28. The maximum atomic E-state index is 11.8. The minimum absolute atomic E-state index is 0.0909. The minimum Gasteiger partial charge on any atom is -0.475 e. The molecule has 2 N–H and O–H groups in total. The van der Waals surface area contributed by atoms with E-state index in [1.54, 1.807) is 6.20 Å². The average molecular weight is 338 g/mol. The van der Waals surface area contributed by atoms with Crippen LogP contribution in [0.25, 0.3) is 22.2 Å². The van der Waals surface area contributed by atoms with Gasteiger partial charge >= 0.3 is 6.09 Å². The van der Waals surface area contributed by atoms with E-state index in [1.807, 2.05) is 37.3 Å². The minimum atomic E-state index is -0.437. The monoisotopic (exact) mass is 338 g/mol. The number of hydrogen-bond donors (Lipinski definition) is 2. The Balaban J connectivity index is 1.79. The number of cyclic esters (lactones) is 1. The molecule has 0 fully saturated rings. The number of hydrogen-bond acceptors (Lipinski definition) is 5. The molecule has 1 amide bonds. The molecule has 3 heterocycles. The first-order chi connectivity index (χ1) is 12.2. The van der Waals surface area contributed by atoms with Gasteiger partial charge in [-0.1, -0.05) is 18.2 Å². The van der Waals surface area contributed by atoms with E-state index in [0.29, 0.717) is 18.8 Å². The molecule has 1 aliphatic rings. The molecule has 3 aromatic rings. The predicted octanol–water partition coefficient (Wildman–Crippen LogP) is 3.02. The topological polar surface area (TPSA) is 89.1 Å². The highest BCUT2D eigenvalue weighted by Crippen LogP contribution is 2.29. The quantitative estimate of drug-likeness (QED) is 0.658. The lowest BCUT2D eigenvalue weighted by molar-refractivity contribution is 0.137. The van der Waals surface area contributed by atoms with Crippen LogP contribution in [0.4, 0.5) is 4.79 Å². The van der Waals surface area contributed by atoms with Crippen molar-refractivity contribution in [1.29, 1.82) is 0 Å². The molecule has 0 saturated heterocycles. The molecule has 128 valence electrons. The van der Waals surface area contributed by atoms with Crippen molar-refractivity contribution < 1.29 is 14.3 Å². The van der Waals surface area contributed by atoms with E-state index in [9.17, 15) is 4.79 Å². The molecule has 1 aliphatic heterocycles. The summed E-state index contributed by atoms with van der Waals surface area (Å²) in [7, 11) is 0. The number of alkyl carbamates (subject to hydrolysis) is 1. The highest BCUT2D eigenvalue weighted by molar-refractivity contribution is 5.93. The van der Waals surface area contributed by atoms with Gasteiger partial charge in [-0.05, 0) is 18.6 Å². The Morgan fingerprint density at radius 3 is 3.12 bits per heavy atom. The second kappa shape index (κ2) is 6.43. The van der Waals surface area contributed by atoms with Gasteiger partial charge in [0.05, 0.1) is 17.8 Å². The van der Waals surface area contributed by atoms with E-state index in [2.05, 4.69) is 20.5 Å². The SMILES string of the molecule is C[C@@H]1CCNC(=O)OCc2cccc(c2)-c2n[nH]c3cnc(cc23)O1. The third-order valence-electron chi connectivity index (χ3n) is 4.13. The van der Waals surface area contributed by atoms with Gasteiger partial charge in [-0.3, -0.25) is 5.10 Å². The molecule has 0 saturated carbocycles. The smallest absolute Gasteiger partial charge is 0.407 e. The Kier molecular flexibility index (Phi) is 3.97. The first kappa shape index (κ1) is 15.4. The molecular weight excluding hydrogens is 320 g/mol. The van der Waals surface area contributed by atoms with Gasteiger partial charge in [-0.15, -0.1) is 0 Å². The Bertz CT molecular complexity index is 922. The number of amides is 1. The highest BCUT2D eigenvalue weighted by Gasteiger charge is 2.14. The number of benzene rings is 1. The lowest BCUT2D eigenvalue weighted by Gasteiger charge is -2.14. The number of aromatic amines is 1. The van der Waals surface area contributed by atoms with Gasteiger partial charge < -0.3 is 14.8 Å². The molecule has 0 unspecified atom stereocenters. The first-order valence-electron chi connectivity index (χ1n) is 8.20. The van der Waals surface area contributed by atoms with E-state index >= 15 is 0 Å². The number of aromatic nitrogens is 3. The van der Waals surface area contributed by atoms with E-state index < -0.39 is 6.09 Å². The zero-order chi connectivity index (χ0) is 17.2. The van der Waals surface area contributed by atoms with Crippen molar-refractivity contribution in [2.24, 2.45) is 0 Å². The fourth-order valence-electron chi connectivity index (χ4n) is 2.83. The normalized spacial score (nSPS) is 18.0. The fourth-order valence-corrected chi connectivity index (χ4v) is 2.83. The number of nitrogens with zero attached hydrogens (tertiary/aromatic N) is 2. The van der Waals surface area contributed by atoms with Crippen molar-refractivity contribution in [2.75, 3.05) is 6.54 Å². The van der Waals surface area contributed by atoms with Crippen LogP contribution in [-0.2, 0) is 11.3 Å².